The number of hydrogen-bond acceptors (Lipinski definition) is 5. The summed E-state index contributed by atoms with van der Waals surface area (Å²) in [6.07, 6.45) is -0.0106. The van der Waals surface area contributed by atoms with Gasteiger partial charge in [0.25, 0.3) is 0 Å². The zero-order valence-electron chi connectivity index (χ0n) is 7.39. The molecule has 0 aliphatic carbocycles. The van der Waals surface area contributed by atoms with Crippen molar-refractivity contribution in [1.29, 1.82) is 0 Å². The number of aliphatic hydroxyl groups excluding tert-OH is 1. The van der Waals surface area contributed by atoms with Gasteiger partial charge in [-0.3, -0.25) is 0 Å². The van der Waals surface area contributed by atoms with E-state index in [1.807, 2.05) is 4.72 Å². The molecule has 0 bridgehead atoms. The van der Waals surface area contributed by atoms with E-state index in [9.17, 15) is 16.8 Å². The molecule has 80 valence electrons. The van der Waals surface area contributed by atoms with Gasteiger partial charge < -0.3 is 5.11 Å². The van der Waals surface area contributed by atoms with Gasteiger partial charge in [-0.25, -0.2) is 21.6 Å². The molecule has 0 amide bonds. The third kappa shape index (κ3) is 8.16. The Morgan fingerprint density at radius 2 is 1.77 bits per heavy atom. The third-order valence-electron chi connectivity index (χ3n) is 0.968. The van der Waals surface area contributed by atoms with Crippen LogP contribution in [0.3, 0.4) is 0 Å². The molecule has 2 N–H and O–H groups in total. The van der Waals surface area contributed by atoms with E-state index in [4.69, 9.17) is 5.11 Å². The van der Waals surface area contributed by atoms with E-state index in [0.29, 0.717) is 0 Å². The summed E-state index contributed by atoms with van der Waals surface area (Å²) < 4.78 is 45.1. The number of sulfonamides is 1. The Morgan fingerprint density at radius 1 is 1.31 bits per heavy atom. The van der Waals surface area contributed by atoms with E-state index in [0.717, 1.165) is 6.26 Å². The molecule has 0 aromatic rings. The average Bonchev–Trinajstić information content (AvgIpc) is 1.78. The Morgan fingerprint density at radius 3 is 2.08 bits per heavy atom. The summed E-state index contributed by atoms with van der Waals surface area (Å²) in [5, 5.41) is 7.79. The Hall–Kier alpha value is -0.180. The molecule has 1 atom stereocenters. The van der Waals surface area contributed by atoms with Crippen molar-refractivity contribution >= 4 is 19.9 Å². The quantitative estimate of drug-likeness (QED) is 0.586. The minimum atomic E-state index is -3.83. The van der Waals surface area contributed by atoms with Gasteiger partial charge >= 0.3 is 0 Å². The molecule has 6 nitrogen and oxygen atoms in total. The first-order valence-corrected chi connectivity index (χ1v) is 7.17. The Kier molecular flexibility index (Phi) is 4.30. The van der Waals surface area contributed by atoms with Crippen LogP contribution < -0.4 is 4.72 Å². The minimum Gasteiger partial charge on any atom is -0.392 e. The molecule has 0 aromatic heterocycles. The van der Waals surface area contributed by atoms with Crippen molar-refractivity contribution in [3.63, 3.8) is 0 Å². The molecule has 8 heteroatoms. The van der Waals surface area contributed by atoms with Gasteiger partial charge in [0.1, 0.15) is 0 Å². The monoisotopic (exact) mass is 231 g/mol. The molecule has 0 aliphatic heterocycles. The van der Waals surface area contributed by atoms with Gasteiger partial charge in [-0.2, -0.15) is 0 Å². The lowest BCUT2D eigenvalue weighted by molar-refractivity contribution is 0.198. The fraction of sp³-hybridized carbons (Fsp3) is 1.00. The zero-order valence-corrected chi connectivity index (χ0v) is 9.02. The number of hydrogen-bond donors (Lipinski definition) is 2. The van der Waals surface area contributed by atoms with Gasteiger partial charge in [0, 0.05) is 12.8 Å². The second kappa shape index (κ2) is 4.36. The third-order valence-corrected chi connectivity index (χ3v) is 4.53. The van der Waals surface area contributed by atoms with Crippen LogP contribution in [0.2, 0.25) is 0 Å². The molecule has 0 rings (SSSR count). The molecule has 0 heterocycles. The highest BCUT2D eigenvalue weighted by Crippen LogP contribution is 1.92. The summed E-state index contributed by atoms with van der Waals surface area (Å²) in [4.78, 5) is 0. The van der Waals surface area contributed by atoms with E-state index in [2.05, 4.69) is 0 Å². The molecule has 0 radical (unpaired) electrons. The maximum Gasteiger partial charge on any atom is 0.226 e. The summed E-state index contributed by atoms with van der Waals surface area (Å²) in [5.74, 6) is 0. The highest BCUT2D eigenvalue weighted by molar-refractivity contribution is 8.06. The van der Waals surface area contributed by atoms with Crippen LogP contribution in [0.15, 0.2) is 0 Å². The summed E-state index contributed by atoms with van der Waals surface area (Å²) in [6, 6.07) is 0. The first-order valence-electron chi connectivity index (χ1n) is 3.45. The van der Waals surface area contributed by atoms with E-state index in [1.165, 1.54) is 6.92 Å². The van der Waals surface area contributed by atoms with Gasteiger partial charge in [-0.05, 0) is 6.92 Å². The second-order valence-electron chi connectivity index (χ2n) is 2.86. The van der Waals surface area contributed by atoms with Crippen LogP contribution in [-0.4, -0.2) is 45.9 Å². The van der Waals surface area contributed by atoms with Crippen molar-refractivity contribution in [2.45, 2.75) is 13.0 Å². The zero-order chi connectivity index (χ0) is 10.7. The van der Waals surface area contributed by atoms with E-state index in [-0.39, 0.29) is 6.54 Å². The van der Waals surface area contributed by atoms with E-state index in [1.54, 1.807) is 0 Å². The Bertz CT molecular complexity index is 341. The smallest absolute Gasteiger partial charge is 0.226 e. The standard InChI is InChI=1S/C5H13NO5S2/c1-5(7)3-6-13(10,11)4-12(2,8)9/h5-7H,3-4H2,1-2H3/t5-/m1/s1. The maximum absolute atomic E-state index is 10.9. The number of nitrogens with one attached hydrogen (secondary N) is 1. The lowest BCUT2D eigenvalue weighted by Gasteiger charge is -2.06. The molecule has 0 unspecified atom stereocenters. The van der Waals surface area contributed by atoms with Gasteiger partial charge in [-0.15, -0.1) is 0 Å². The summed E-state index contributed by atoms with van der Waals surface area (Å²) in [6.45, 7) is 1.21. The molecular formula is C5H13NO5S2. The minimum absolute atomic E-state index is 0.183. The van der Waals surface area contributed by atoms with Crippen LogP contribution in [0, 0.1) is 0 Å². The maximum atomic E-state index is 10.9. The lowest BCUT2D eigenvalue weighted by atomic mass is 10.4. The van der Waals surface area contributed by atoms with Crippen LogP contribution in [0.25, 0.3) is 0 Å². The van der Waals surface area contributed by atoms with Gasteiger partial charge in [0.15, 0.2) is 14.9 Å². The van der Waals surface area contributed by atoms with Crippen molar-refractivity contribution in [2.75, 3.05) is 17.9 Å². The van der Waals surface area contributed by atoms with Gasteiger partial charge in [-0.1, -0.05) is 0 Å². The Labute approximate surface area is 77.9 Å². The molecule has 0 aliphatic rings. The summed E-state index contributed by atoms with van der Waals surface area (Å²) in [5.41, 5.74) is 0. The highest BCUT2D eigenvalue weighted by atomic mass is 32.3. The van der Waals surface area contributed by atoms with Crippen molar-refractivity contribution in [3.05, 3.63) is 0 Å². The number of aliphatic hydroxyl groups is 1. The predicted molar refractivity (Wildman–Crippen MR) is 48.3 cm³/mol. The molecule has 0 aromatic carbocycles. The molecular weight excluding hydrogens is 218 g/mol. The SMILES string of the molecule is C[C@@H](O)CNS(=O)(=O)CS(C)(=O)=O. The highest BCUT2D eigenvalue weighted by Gasteiger charge is 2.17. The lowest BCUT2D eigenvalue weighted by Crippen LogP contribution is -2.34. The van der Waals surface area contributed by atoms with Crippen LogP contribution in [-0.2, 0) is 19.9 Å². The van der Waals surface area contributed by atoms with Gasteiger partial charge in [0.2, 0.25) is 10.0 Å². The first-order chi connectivity index (χ1) is 5.62. The van der Waals surface area contributed by atoms with Crippen LogP contribution in [0.5, 0.6) is 0 Å². The Balaban J connectivity index is 4.28. The normalized spacial score (nSPS) is 15.6. The largest absolute Gasteiger partial charge is 0.392 e. The van der Waals surface area contributed by atoms with E-state index < -0.39 is 31.0 Å². The fourth-order valence-corrected chi connectivity index (χ4v) is 3.65. The molecule has 0 saturated carbocycles. The molecule has 0 saturated heterocycles. The fourth-order valence-electron chi connectivity index (χ4n) is 0.571. The van der Waals surface area contributed by atoms with Crippen molar-refractivity contribution < 1.29 is 21.9 Å². The van der Waals surface area contributed by atoms with E-state index >= 15 is 0 Å². The van der Waals surface area contributed by atoms with Crippen LogP contribution >= 0.6 is 0 Å². The van der Waals surface area contributed by atoms with Crippen molar-refractivity contribution in [1.82, 2.24) is 4.72 Å². The number of rotatable bonds is 5. The summed E-state index contributed by atoms with van der Waals surface area (Å²) >= 11 is 0. The van der Waals surface area contributed by atoms with Gasteiger partial charge in [0.05, 0.1) is 6.10 Å². The van der Waals surface area contributed by atoms with Crippen LogP contribution in [0.4, 0.5) is 0 Å². The molecule has 0 fully saturated rings. The van der Waals surface area contributed by atoms with Crippen LogP contribution in [0.1, 0.15) is 6.92 Å². The second-order valence-corrected chi connectivity index (χ2v) is 7.17. The van der Waals surface area contributed by atoms with Crippen molar-refractivity contribution in [3.8, 4) is 0 Å². The topological polar surface area (TPSA) is 101 Å². The summed E-state index contributed by atoms with van der Waals surface area (Å²) in [7, 11) is -7.39. The number of sulfone groups is 1. The molecule has 0 spiro atoms. The molecule has 13 heavy (non-hydrogen) atoms. The van der Waals surface area contributed by atoms with Crippen molar-refractivity contribution in [2.24, 2.45) is 0 Å². The first kappa shape index (κ1) is 12.8. The average molecular weight is 231 g/mol. The predicted octanol–water partition coefficient (Wildman–Crippen LogP) is -1.71.